The summed E-state index contributed by atoms with van der Waals surface area (Å²) in [7, 11) is 0. The maximum absolute atomic E-state index is 12.6. The molecule has 0 aliphatic carbocycles. The maximum Gasteiger partial charge on any atom is 0.252 e. The quantitative estimate of drug-likeness (QED) is 0.570. The highest BCUT2D eigenvalue weighted by atomic mass is 16.1. The molecular weight excluding hydrogens is 296 g/mol. The third-order valence-electron chi connectivity index (χ3n) is 4.08. The Morgan fingerprint density at radius 3 is 2.67 bits per heavy atom. The highest BCUT2D eigenvalue weighted by molar-refractivity contribution is 5.97. The molecule has 0 heterocycles. The van der Waals surface area contributed by atoms with E-state index in [1.165, 1.54) is 0 Å². The van der Waals surface area contributed by atoms with Crippen LogP contribution in [0, 0.1) is 19.3 Å². The minimum Gasteiger partial charge on any atom is -0.399 e. The monoisotopic (exact) mass is 314 g/mol. The molecule has 3 N–H and O–H groups in total. The van der Waals surface area contributed by atoms with Gasteiger partial charge in [0.05, 0.1) is 0 Å². The number of nitrogens with two attached hydrogens (primary N) is 1. The summed E-state index contributed by atoms with van der Waals surface area (Å²) in [5.41, 5.74) is 8.65. The molecule has 3 nitrogen and oxygen atoms in total. The molecule has 3 aromatic rings. The molecule has 0 radical (unpaired) electrons. The van der Waals surface area contributed by atoms with Crippen molar-refractivity contribution in [3.8, 4) is 12.3 Å². The minimum absolute atomic E-state index is 0.226. The number of carbonyl (C=O) groups excluding carboxylic acids is 1. The van der Waals surface area contributed by atoms with Gasteiger partial charge in [-0.3, -0.25) is 4.79 Å². The van der Waals surface area contributed by atoms with Crippen molar-refractivity contribution in [2.24, 2.45) is 0 Å². The van der Waals surface area contributed by atoms with Gasteiger partial charge in [0.15, 0.2) is 0 Å². The van der Waals surface area contributed by atoms with Crippen molar-refractivity contribution in [1.29, 1.82) is 0 Å². The largest absolute Gasteiger partial charge is 0.399 e. The zero-order valence-electron chi connectivity index (χ0n) is 13.4. The number of rotatable bonds is 3. The van der Waals surface area contributed by atoms with Gasteiger partial charge in [-0.25, -0.2) is 0 Å². The fourth-order valence-corrected chi connectivity index (χ4v) is 2.80. The van der Waals surface area contributed by atoms with Crippen LogP contribution in [0.15, 0.2) is 60.7 Å². The summed E-state index contributed by atoms with van der Waals surface area (Å²) < 4.78 is 0. The van der Waals surface area contributed by atoms with Gasteiger partial charge in [0.2, 0.25) is 0 Å². The van der Waals surface area contributed by atoms with E-state index in [1.807, 2.05) is 55.5 Å². The highest BCUT2D eigenvalue weighted by Gasteiger charge is 2.17. The first-order valence-corrected chi connectivity index (χ1v) is 7.71. The van der Waals surface area contributed by atoms with Crippen molar-refractivity contribution in [3.05, 3.63) is 77.4 Å². The van der Waals surface area contributed by atoms with E-state index in [0.29, 0.717) is 11.3 Å². The van der Waals surface area contributed by atoms with Gasteiger partial charge in [-0.1, -0.05) is 54.5 Å². The number of hydrogen-bond donors (Lipinski definition) is 2. The van der Waals surface area contributed by atoms with E-state index in [4.69, 9.17) is 12.2 Å². The predicted octanol–water partition coefficient (Wildman–Crippen LogP) is 3.83. The smallest absolute Gasteiger partial charge is 0.252 e. The van der Waals surface area contributed by atoms with E-state index < -0.39 is 6.04 Å². The summed E-state index contributed by atoms with van der Waals surface area (Å²) in [6.07, 6.45) is 5.70. The molecule has 0 saturated heterocycles. The van der Waals surface area contributed by atoms with Crippen LogP contribution in [0.1, 0.15) is 27.5 Å². The second-order valence-corrected chi connectivity index (χ2v) is 5.72. The Labute approximate surface area is 141 Å². The Balaban J connectivity index is 1.96. The second kappa shape index (κ2) is 6.47. The number of amides is 1. The molecule has 1 amide bonds. The third kappa shape index (κ3) is 2.95. The molecule has 0 bridgehead atoms. The molecule has 24 heavy (non-hydrogen) atoms. The Hall–Kier alpha value is -3.25. The van der Waals surface area contributed by atoms with Crippen LogP contribution in [-0.2, 0) is 0 Å². The summed E-state index contributed by atoms with van der Waals surface area (Å²) >= 11 is 0. The first-order valence-electron chi connectivity index (χ1n) is 7.71. The van der Waals surface area contributed by atoms with Gasteiger partial charge >= 0.3 is 0 Å². The second-order valence-electron chi connectivity index (χ2n) is 5.72. The van der Waals surface area contributed by atoms with Gasteiger partial charge < -0.3 is 11.1 Å². The van der Waals surface area contributed by atoms with Gasteiger partial charge in [0.25, 0.3) is 5.91 Å². The lowest BCUT2D eigenvalue weighted by Crippen LogP contribution is -2.28. The summed E-state index contributed by atoms with van der Waals surface area (Å²) in [5.74, 6) is 2.46. The van der Waals surface area contributed by atoms with E-state index in [9.17, 15) is 4.79 Å². The number of benzene rings is 3. The average molecular weight is 314 g/mol. The van der Waals surface area contributed by atoms with Crippen molar-refractivity contribution in [2.75, 3.05) is 5.73 Å². The number of terminal acetylenes is 1. The first-order chi connectivity index (χ1) is 11.6. The molecule has 0 saturated carbocycles. The summed E-state index contributed by atoms with van der Waals surface area (Å²) in [5, 5.41) is 5.05. The van der Waals surface area contributed by atoms with E-state index in [2.05, 4.69) is 11.2 Å². The molecule has 3 rings (SSSR count). The van der Waals surface area contributed by atoms with Crippen LogP contribution in [0.2, 0.25) is 0 Å². The van der Waals surface area contributed by atoms with Gasteiger partial charge in [0.1, 0.15) is 6.04 Å². The number of anilines is 1. The molecule has 0 aliphatic rings. The Kier molecular flexibility index (Phi) is 4.22. The summed E-state index contributed by atoms with van der Waals surface area (Å²) in [4.78, 5) is 12.6. The Morgan fingerprint density at radius 2 is 1.88 bits per heavy atom. The van der Waals surface area contributed by atoms with Crippen molar-refractivity contribution in [2.45, 2.75) is 13.0 Å². The Morgan fingerprint density at radius 1 is 1.12 bits per heavy atom. The van der Waals surface area contributed by atoms with Crippen molar-refractivity contribution in [3.63, 3.8) is 0 Å². The predicted molar refractivity (Wildman–Crippen MR) is 98.6 cm³/mol. The molecule has 0 aliphatic heterocycles. The standard InChI is InChI=1S/C21H18N2O/c1-3-20(18-10-6-8-15-7-4-5-9-17(15)18)23-21(24)19-13-16(22)12-11-14(19)2/h1,4-13,20H,22H2,2H3,(H,23,24). The number of nitrogen functional groups attached to an aromatic ring is 1. The lowest BCUT2D eigenvalue weighted by atomic mass is 9.98. The van der Waals surface area contributed by atoms with E-state index >= 15 is 0 Å². The molecule has 3 heteroatoms. The molecule has 0 spiro atoms. The highest BCUT2D eigenvalue weighted by Crippen LogP contribution is 2.24. The number of aryl methyl sites for hydroxylation is 1. The molecule has 1 atom stereocenters. The number of nitrogens with one attached hydrogen (secondary N) is 1. The fourth-order valence-electron chi connectivity index (χ4n) is 2.80. The van der Waals surface area contributed by atoms with Crippen molar-refractivity contribution >= 4 is 22.4 Å². The SMILES string of the molecule is C#CC(NC(=O)c1cc(N)ccc1C)c1cccc2ccccc12. The molecule has 3 aromatic carbocycles. The zero-order chi connectivity index (χ0) is 17.1. The van der Waals surface area contributed by atoms with Crippen molar-refractivity contribution < 1.29 is 4.79 Å². The van der Waals surface area contributed by atoms with Gasteiger partial charge in [-0.15, -0.1) is 6.42 Å². The molecule has 1 unspecified atom stereocenters. The Bertz CT molecular complexity index is 948. The summed E-state index contributed by atoms with van der Waals surface area (Å²) in [6.45, 7) is 1.87. The number of carbonyl (C=O) groups is 1. The lowest BCUT2D eigenvalue weighted by Gasteiger charge is -2.17. The molecule has 0 aromatic heterocycles. The molecular formula is C21H18N2O. The van der Waals surface area contributed by atoms with Gasteiger partial charge in [0, 0.05) is 11.3 Å². The van der Waals surface area contributed by atoms with Crippen LogP contribution < -0.4 is 11.1 Å². The maximum atomic E-state index is 12.6. The van der Waals surface area contributed by atoms with Crippen LogP contribution in [0.25, 0.3) is 10.8 Å². The van der Waals surface area contributed by atoms with Crippen LogP contribution in [-0.4, -0.2) is 5.91 Å². The van der Waals surface area contributed by atoms with Crippen LogP contribution in [0.5, 0.6) is 0 Å². The topological polar surface area (TPSA) is 55.1 Å². The summed E-state index contributed by atoms with van der Waals surface area (Å²) in [6, 6.07) is 18.6. The van der Waals surface area contributed by atoms with Crippen LogP contribution >= 0.6 is 0 Å². The van der Waals surface area contributed by atoms with Crippen LogP contribution in [0.3, 0.4) is 0 Å². The number of fused-ring (bicyclic) bond motifs is 1. The van der Waals surface area contributed by atoms with E-state index in [-0.39, 0.29) is 5.91 Å². The molecule has 118 valence electrons. The van der Waals surface area contributed by atoms with Gasteiger partial charge in [-0.2, -0.15) is 0 Å². The van der Waals surface area contributed by atoms with Gasteiger partial charge in [-0.05, 0) is 41.0 Å². The van der Waals surface area contributed by atoms with E-state index in [0.717, 1.165) is 21.9 Å². The molecule has 0 fully saturated rings. The average Bonchev–Trinajstić information content (AvgIpc) is 2.61. The lowest BCUT2D eigenvalue weighted by molar-refractivity contribution is 0.0945. The first kappa shape index (κ1) is 15.6. The fraction of sp³-hybridized carbons (Fsp3) is 0.0952. The zero-order valence-corrected chi connectivity index (χ0v) is 13.4. The van der Waals surface area contributed by atoms with Crippen LogP contribution in [0.4, 0.5) is 5.69 Å². The van der Waals surface area contributed by atoms with E-state index in [1.54, 1.807) is 12.1 Å². The normalized spacial score (nSPS) is 11.7. The number of hydrogen-bond acceptors (Lipinski definition) is 2. The third-order valence-corrected chi connectivity index (χ3v) is 4.08. The van der Waals surface area contributed by atoms with Crippen molar-refractivity contribution in [1.82, 2.24) is 5.32 Å². The minimum atomic E-state index is -0.510.